The number of nitrogens with zero attached hydrogens (tertiary/aromatic N) is 2. The lowest BCUT2D eigenvalue weighted by Crippen LogP contribution is -2.42. The minimum Gasteiger partial charge on any atom is -0.445 e. The van der Waals surface area contributed by atoms with Gasteiger partial charge in [-0.25, -0.2) is 4.98 Å². The molecular weight excluding hydrogens is 324 g/mol. The Morgan fingerprint density at radius 2 is 2.29 bits per heavy atom. The molecule has 5 nitrogen and oxygen atoms in total. The molecule has 1 amide bonds. The Balaban J connectivity index is 1.54. The van der Waals surface area contributed by atoms with Crippen LogP contribution in [-0.2, 0) is 21.4 Å². The van der Waals surface area contributed by atoms with Crippen LogP contribution in [0.2, 0.25) is 0 Å². The summed E-state index contributed by atoms with van der Waals surface area (Å²) in [6.07, 6.45) is 2.72. The second kappa shape index (κ2) is 7.07. The number of carbonyl (C=O) groups excluding carboxylic acids is 1. The number of aryl methyl sites for hydroxylation is 1. The third-order valence-electron chi connectivity index (χ3n) is 4.13. The highest BCUT2D eigenvalue weighted by Crippen LogP contribution is 2.27. The molecule has 2 aromatic rings. The van der Waals surface area contributed by atoms with Gasteiger partial charge < -0.3 is 14.1 Å². The van der Waals surface area contributed by atoms with Gasteiger partial charge in [-0.15, -0.1) is 11.3 Å². The molecule has 24 heavy (non-hydrogen) atoms. The van der Waals surface area contributed by atoms with Gasteiger partial charge in [0.2, 0.25) is 5.91 Å². The zero-order valence-electron chi connectivity index (χ0n) is 14.4. The smallest absolute Gasteiger partial charge is 0.223 e. The molecule has 1 aliphatic heterocycles. The fraction of sp³-hybridized carbons (Fsp3) is 0.556. The summed E-state index contributed by atoms with van der Waals surface area (Å²) in [5, 5.41) is 2.04. The van der Waals surface area contributed by atoms with E-state index in [1.807, 2.05) is 16.3 Å². The van der Waals surface area contributed by atoms with Crippen LogP contribution in [0, 0.1) is 0 Å². The average molecular weight is 348 g/mol. The molecule has 0 spiro atoms. The molecule has 0 N–H and O–H groups in total. The molecule has 1 aliphatic rings. The van der Waals surface area contributed by atoms with E-state index in [4.69, 9.17) is 9.15 Å². The number of hydrogen-bond acceptors (Lipinski definition) is 5. The quantitative estimate of drug-likeness (QED) is 0.848. The van der Waals surface area contributed by atoms with Crippen LogP contribution in [-0.4, -0.2) is 35.5 Å². The fourth-order valence-corrected chi connectivity index (χ4v) is 3.43. The monoisotopic (exact) mass is 348 g/mol. The highest BCUT2D eigenvalue weighted by Gasteiger charge is 2.26. The van der Waals surface area contributed by atoms with Crippen molar-refractivity contribution < 1.29 is 13.9 Å². The molecule has 2 aromatic heterocycles. The van der Waals surface area contributed by atoms with Gasteiger partial charge in [0.1, 0.15) is 11.9 Å². The Kier molecular flexibility index (Phi) is 5.06. The van der Waals surface area contributed by atoms with Gasteiger partial charge >= 0.3 is 0 Å². The van der Waals surface area contributed by atoms with Gasteiger partial charge in [0, 0.05) is 29.7 Å². The number of thiophene rings is 1. The topological polar surface area (TPSA) is 55.6 Å². The standard InChI is InChI=1S/C18H24N2O3S/c1-18(2,3)15-11-19-16(23-15)6-7-17(21)20-8-9-22-13(12-20)14-5-4-10-24-14/h4-5,10-11,13H,6-9,12H2,1-3H3/t13-/m0/s1. The van der Waals surface area contributed by atoms with Crippen LogP contribution >= 0.6 is 11.3 Å². The van der Waals surface area contributed by atoms with Crippen LogP contribution in [0.1, 0.15) is 49.8 Å². The Morgan fingerprint density at radius 1 is 1.46 bits per heavy atom. The molecular formula is C18H24N2O3S. The normalized spacial score (nSPS) is 18.8. The highest BCUT2D eigenvalue weighted by molar-refractivity contribution is 7.10. The molecule has 130 valence electrons. The van der Waals surface area contributed by atoms with Crippen LogP contribution < -0.4 is 0 Å². The third-order valence-corrected chi connectivity index (χ3v) is 5.09. The molecule has 0 bridgehead atoms. The van der Waals surface area contributed by atoms with Crippen molar-refractivity contribution in [2.24, 2.45) is 0 Å². The Labute approximate surface area is 146 Å². The van der Waals surface area contributed by atoms with Crippen molar-refractivity contribution >= 4 is 17.2 Å². The van der Waals surface area contributed by atoms with E-state index in [-0.39, 0.29) is 17.4 Å². The van der Waals surface area contributed by atoms with Crippen LogP contribution in [0.5, 0.6) is 0 Å². The highest BCUT2D eigenvalue weighted by atomic mass is 32.1. The molecule has 1 atom stereocenters. The van der Waals surface area contributed by atoms with Crippen molar-refractivity contribution in [2.45, 2.75) is 45.1 Å². The van der Waals surface area contributed by atoms with Gasteiger partial charge in [-0.1, -0.05) is 26.8 Å². The van der Waals surface area contributed by atoms with Gasteiger partial charge in [0.25, 0.3) is 0 Å². The first-order chi connectivity index (χ1) is 11.4. The van der Waals surface area contributed by atoms with E-state index in [1.54, 1.807) is 17.5 Å². The summed E-state index contributed by atoms with van der Waals surface area (Å²) in [7, 11) is 0. The maximum Gasteiger partial charge on any atom is 0.223 e. The average Bonchev–Trinajstić information content (AvgIpc) is 3.23. The first kappa shape index (κ1) is 17.2. The molecule has 6 heteroatoms. The number of amides is 1. The molecule has 0 radical (unpaired) electrons. The summed E-state index contributed by atoms with van der Waals surface area (Å²) in [4.78, 5) is 19.9. The second-order valence-corrected chi connectivity index (χ2v) is 8.06. The third kappa shape index (κ3) is 4.05. The van der Waals surface area contributed by atoms with Gasteiger partial charge in [0.15, 0.2) is 5.89 Å². The minimum atomic E-state index is -0.0621. The number of rotatable bonds is 4. The molecule has 0 aromatic carbocycles. The van der Waals surface area contributed by atoms with E-state index in [2.05, 4.69) is 31.8 Å². The molecule has 1 saturated heterocycles. The maximum absolute atomic E-state index is 12.5. The zero-order chi connectivity index (χ0) is 17.2. The number of aromatic nitrogens is 1. The first-order valence-corrected chi connectivity index (χ1v) is 9.19. The zero-order valence-corrected chi connectivity index (χ0v) is 15.3. The van der Waals surface area contributed by atoms with Crippen LogP contribution in [0.4, 0.5) is 0 Å². The molecule has 1 fully saturated rings. The molecule has 0 saturated carbocycles. The van der Waals surface area contributed by atoms with E-state index in [0.29, 0.717) is 38.4 Å². The van der Waals surface area contributed by atoms with Crippen molar-refractivity contribution in [3.8, 4) is 0 Å². The fourth-order valence-electron chi connectivity index (χ4n) is 2.67. The summed E-state index contributed by atoms with van der Waals surface area (Å²) in [6.45, 7) is 8.11. The second-order valence-electron chi connectivity index (χ2n) is 7.08. The van der Waals surface area contributed by atoms with E-state index >= 15 is 0 Å². The van der Waals surface area contributed by atoms with Crippen molar-refractivity contribution in [3.05, 3.63) is 40.2 Å². The first-order valence-electron chi connectivity index (χ1n) is 8.31. The van der Waals surface area contributed by atoms with Gasteiger partial charge in [0.05, 0.1) is 19.3 Å². The van der Waals surface area contributed by atoms with Crippen molar-refractivity contribution in [1.29, 1.82) is 0 Å². The molecule has 3 rings (SSSR count). The van der Waals surface area contributed by atoms with E-state index in [1.165, 1.54) is 4.88 Å². The van der Waals surface area contributed by atoms with Gasteiger partial charge in [-0.2, -0.15) is 0 Å². The number of hydrogen-bond donors (Lipinski definition) is 0. The summed E-state index contributed by atoms with van der Waals surface area (Å²) in [6, 6.07) is 4.07. The lowest BCUT2D eigenvalue weighted by molar-refractivity contribution is -0.138. The number of ether oxygens (including phenoxy) is 1. The molecule has 3 heterocycles. The number of carbonyl (C=O) groups is 1. The van der Waals surface area contributed by atoms with E-state index in [0.717, 1.165) is 5.76 Å². The summed E-state index contributed by atoms with van der Waals surface area (Å²) < 4.78 is 11.6. The Hall–Kier alpha value is -1.66. The van der Waals surface area contributed by atoms with Crippen LogP contribution in [0.15, 0.2) is 28.1 Å². The number of oxazole rings is 1. The molecule has 0 unspecified atom stereocenters. The summed E-state index contributed by atoms with van der Waals surface area (Å²) in [5.74, 6) is 1.63. The van der Waals surface area contributed by atoms with Gasteiger partial charge in [-0.05, 0) is 11.4 Å². The summed E-state index contributed by atoms with van der Waals surface area (Å²) in [5.41, 5.74) is -0.0621. The minimum absolute atomic E-state index is 0.00284. The largest absolute Gasteiger partial charge is 0.445 e. The Bertz CT molecular complexity index is 673. The predicted molar refractivity (Wildman–Crippen MR) is 93.1 cm³/mol. The van der Waals surface area contributed by atoms with Crippen molar-refractivity contribution in [3.63, 3.8) is 0 Å². The van der Waals surface area contributed by atoms with Crippen LogP contribution in [0.3, 0.4) is 0 Å². The predicted octanol–water partition coefficient (Wildman–Crippen LogP) is 3.57. The number of morpholine rings is 1. The SMILES string of the molecule is CC(C)(C)c1cnc(CCC(=O)N2CCO[C@H](c3cccs3)C2)o1. The Morgan fingerprint density at radius 3 is 2.96 bits per heavy atom. The van der Waals surface area contributed by atoms with Crippen LogP contribution in [0.25, 0.3) is 0 Å². The lowest BCUT2D eigenvalue weighted by Gasteiger charge is -2.32. The van der Waals surface area contributed by atoms with Crippen molar-refractivity contribution in [2.75, 3.05) is 19.7 Å². The molecule has 0 aliphatic carbocycles. The maximum atomic E-state index is 12.5. The lowest BCUT2D eigenvalue weighted by atomic mass is 9.94. The van der Waals surface area contributed by atoms with Gasteiger partial charge in [-0.3, -0.25) is 4.79 Å². The van der Waals surface area contributed by atoms with Crippen molar-refractivity contribution in [1.82, 2.24) is 9.88 Å². The van der Waals surface area contributed by atoms with E-state index in [9.17, 15) is 4.79 Å². The summed E-state index contributed by atoms with van der Waals surface area (Å²) >= 11 is 1.67. The van der Waals surface area contributed by atoms with E-state index < -0.39 is 0 Å².